The van der Waals surface area contributed by atoms with Crippen LogP contribution in [0.5, 0.6) is 0 Å². The zero-order valence-electron chi connectivity index (χ0n) is 20.0. The predicted octanol–water partition coefficient (Wildman–Crippen LogP) is 3.97. The number of likely N-dealkylation sites (tertiary alicyclic amines) is 1. The summed E-state index contributed by atoms with van der Waals surface area (Å²) in [5.41, 5.74) is 1.11. The number of nitrogens with zero attached hydrogens (tertiary/aromatic N) is 1. The van der Waals surface area contributed by atoms with E-state index in [9.17, 15) is 9.18 Å². The molecule has 0 aromatic heterocycles. The molecule has 184 valence electrons. The highest BCUT2D eigenvalue weighted by Crippen LogP contribution is 2.45. The fourth-order valence-corrected chi connectivity index (χ4v) is 5.70. The largest absolute Gasteiger partial charge is 0.412 e. The standard InChI is InChI=1S/C25H38ClFN2O.2H2O/c1-17(2)23(28-15-18-6-5-7-21(27)14-18)24(30)29-13-12-22(25(3,4)16-29)19-8-10-20(26)11-9-19;;/h5-7,10,17,19,21-23,28H,8-9,11-16H2,1-4H3;2*1H2/t19?,21?,22?,23-;;/m1../s1. The van der Waals surface area contributed by atoms with Crippen LogP contribution in [0.4, 0.5) is 4.39 Å². The van der Waals surface area contributed by atoms with Gasteiger partial charge in [0.2, 0.25) is 5.91 Å². The van der Waals surface area contributed by atoms with Gasteiger partial charge in [0.25, 0.3) is 0 Å². The van der Waals surface area contributed by atoms with E-state index in [0.29, 0.717) is 24.8 Å². The van der Waals surface area contributed by atoms with Crippen molar-refractivity contribution in [3.8, 4) is 0 Å². The molecule has 32 heavy (non-hydrogen) atoms. The topological polar surface area (TPSA) is 95.3 Å². The molecule has 0 spiro atoms. The Morgan fingerprint density at radius 2 is 2.03 bits per heavy atom. The minimum Gasteiger partial charge on any atom is -0.412 e. The average Bonchev–Trinajstić information content (AvgIpc) is 2.68. The molecule has 1 saturated heterocycles. The Bertz CT molecular complexity index is 720. The molecule has 0 saturated carbocycles. The van der Waals surface area contributed by atoms with E-state index in [1.54, 1.807) is 12.2 Å². The van der Waals surface area contributed by atoms with Crippen molar-refractivity contribution in [3.63, 3.8) is 0 Å². The lowest BCUT2D eigenvalue weighted by atomic mass is 9.65. The van der Waals surface area contributed by atoms with Crippen LogP contribution in [0.3, 0.4) is 0 Å². The summed E-state index contributed by atoms with van der Waals surface area (Å²) in [6, 6.07) is -0.237. The maximum atomic E-state index is 13.6. The smallest absolute Gasteiger partial charge is 0.239 e. The molecule has 1 amide bonds. The van der Waals surface area contributed by atoms with Crippen LogP contribution in [0.1, 0.15) is 59.8 Å². The van der Waals surface area contributed by atoms with Gasteiger partial charge in [-0.3, -0.25) is 4.79 Å². The summed E-state index contributed by atoms with van der Waals surface area (Å²) >= 11 is 6.19. The number of piperidine rings is 1. The lowest BCUT2D eigenvalue weighted by molar-refractivity contribution is -0.140. The van der Waals surface area contributed by atoms with E-state index in [-0.39, 0.29) is 34.2 Å². The number of halogens is 2. The maximum absolute atomic E-state index is 13.6. The molecule has 3 unspecified atom stereocenters. The van der Waals surface area contributed by atoms with Crippen molar-refractivity contribution in [1.82, 2.24) is 10.2 Å². The summed E-state index contributed by atoms with van der Waals surface area (Å²) < 4.78 is 13.6. The van der Waals surface area contributed by atoms with E-state index in [1.165, 1.54) is 0 Å². The van der Waals surface area contributed by atoms with Gasteiger partial charge in [0, 0.05) is 31.1 Å². The predicted molar refractivity (Wildman–Crippen MR) is 130 cm³/mol. The quantitative estimate of drug-likeness (QED) is 0.632. The second kappa shape index (κ2) is 12.3. The van der Waals surface area contributed by atoms with E-state index in [1.807, 2.05) is 6.08 Å². The van der Waals surface area contributed by atoms with Gasteiger partial charge in [-0.15, -0.1) is 0 Å². The highest BCUT2D eigenvalue weighted by atomic mass is 35.5. The molecule has 1 fully saturated rings. The summed E-state index contributed by atoms with van der Waals surface area (Å²) in [4.78, 5) is 15.5. The number of hydrogen-bond donors (Lipinski definition) is 1. The molecule has 3 rings (SSSR count). The molecule has 2 aliphatic carbocycles. The van der Waals surface area contributed by atoms with Crippen molar-refractivity contribution in [3.05, 3.63) is 34.9 Å². The Morgan fingerprint density at radius 3 is 2.59 bits per heavy atom. The van der Waals surface area contributed by atoms with Crippen LogP contribution in [-0.4, -0.2) is 53.6 Å². The van der Waals surface area contributed by atoms with Crippen molar-refractivity contribution in [1.29, 1.82) is 0 Å². The van der Waals surface area contributed by atoms with Crippen LogP contribution in [0.15, 0.2) is 34.9 Å². The van der Waals surface area contributed by atoms with E-state index in [4.69, 9.17) is 11.6 Å². The first-order chi connectivity index (χ1) is 14.2. The van der Waals surface area contributed by atoms with Gasteiger partial charge in [0.05, 0.1) is 6.04 Å². The van der Waals surface area contributed by atoms with Gasteiger partial charge in [-0.05, 0) is 48.9 Å². The monoisotopic (exact) mass is 472 g/mol. The SMILES string of the molecule is CC(C)[C@@H](NCC1=CC=CC(F)C1)C(=O)N1CCC(C2CC=C(Cl)CC2)C(C)(C)C1.O.O. The van der Waals surface area contributed by atoms with Crippen LogP contribution in [0.2, 0.25) is 0 Å². The third-order valence-electron chi connectivity index (χ3n) is 7.18. The average molecular weight is 473 g/mol. The van der Waals surface area contributed by atoms with Gasteiger partial charge in [0.15, 0.2) is 0 Å². The Balaban J connectivity index is 0.00000256. The molecule has 0 aromatic carbocycles. The van der Waals surface area contributed by atoms with Crippen LogP contribution in [0, 0.1) is 23.2 Å². The summed E-state index contributed by atoms with van der Waals surface area (Å²) in [5.74, 6) is 1.66. The summed E-state index contributed by atoms with van der Waals surface area (Å²) in [5, 5.41) is 4.44. The normalized spacial score (nSPS) is 28.2. The van der Waals surface area contributed by atoms with E-state index in [0.717, 1.165) is 49.4 Å². The number of rotatable bonds is 6. The third kappa shape index (κ3) is 7.14. The summed E-state index contributed by atoms with van der Waals surface area (Å²) in [6.45, 7) is 11.0. The molecule has 5 nitrogen and oxygen atoms in total. The number of hydrogen-bond acceptors (Lipinski definition) is 2. The van der Waals surface area contributed by atoms with Crippen molar-refractivity contribution in [2.75, 3.05) is 19.6 Å². The molecule has 0 bridgehead atoms. The molecule has 0 aromatic rings. The fourth-order valence-electron chi connectivity index (χ4n) is 5.50. The van der Waals surface area contributed by atoms with Gasteiger partial charge in [-0.25, -0.2) is 4.39 Å². The van der Waals surface area contributed by atoms with Crippen LogP contribution < -0.4 is 5.32 Å². The Morgan fingerprint density at radius 1 is 1.31 bits per heavy atom. The van der Waals surface area contributed by atoms with Crippen LogP contribution in [-0.2, 0) is 4.79 Å². The maximum Gasteiger partial charge on any atom is 0.239 e. The van der Waals surface area contributed by atoms with E-state index >= 15 is 0 Å². The fraction of sp³-hybridized carbons (Fsp3) is 0.720. The van der Waals surface area contributed by atoms with Crippen molar-refractivity contribution in [2.24, 2.45) is 23.2 Å². The first kappa shape index (κ1) is 28.8. The number of amides is 1. The molecule has 4 atom stereocenters. The lowest BCUT2D eigenvalue weighted by Gasteiger charge is -2.49. The number of carbonyl (C=O) groups excluding carboxylic acids is 1. The van der Waals surface area contributed by atoms with Crippen molar-refractivity contribution >= 4 is 17.5 Å². The number of carbonyl (C=O) groups is 1. The summed E-state index contributed by atoms with van der Waals surface area (Å²) in [7, 11) is 0. The second-order valence-corrected chi connectivity index (χ2v) is 10.8. The Hall–Kier alpha value is -1.21. The third-order valence-corrected chi connectivity index (χ3v) is 7.52. The van der Waals surface area contributed by atoms with Gasteiger partial charge in [-0.2, -0.15) is 0 Å². The lowest BCUT2D eigenvalue weighted by Crippen LogP contribution is -2.56. The van der Waals surface area contributed by atoms with E-state index < -0.39 is 6.17 Å². The number of nitrogens with one attached hydrogen (secondary N) is 1. The molecule has 1 heterocycles. The van der Waals surface area contributed by atoms with Crippen LogP contribution in [0.25, 0.3) is 0 Å². The highest BCUT2D eigenvalue weighted by Gasteiger charge is 2.42. The zero-order chi connectivity index (χ0) is 21.9. The molecule has 5 N–H and O–H groups in total. The minimum absolute atomic E-state index is 0. The first-order valence-electron chi connectivity index (χ1n) is 11.5. The molecule has 7 heteroatoms. The first-order valence-corrected chi connectivity index (χ1v) is 11.9. The van der Waals surface area contributed by atoms with Crippen molar-refractivity contribution < 1.29 is 20.1 Å². The minimum atomic E-state index is -0.913. The molecule has 1 aliphatic heterocycles. The molecular weight excluding hydrogens is 431 g/mol. The van der Waals surface area contributed by atoms with Crippen molar-refractivity contribution in [2.45, 2.75) is 72.0 Å². The van der Waals surface area contributed by atoms with Gasteiger partial charge in [-0.1, -0.05) is 69.2 Å². The summed E-state index contributed by atoms with van der Waals surface area (Å²) in [6.07, 6.45) is 11.3. The van der Waals surface area contributed by atoms with Crippen LogP contribution >= 0.6 is 11.6 Å². The molecule has 0 radical (unpaired) electrons. The van der Waals surface area contributed by atoms with E-state index in [2.05, 4.69) is 44.0 Å². The molecule has 3 aliphatic rings. The Kier molecular flexibility index (Phi) is 11.1. The zero-order valence-corrected chi connectivity index (χ0v) is 20.7. The highest BCUT2D eigenvalue weighted by molar-refractivity contribution is 6.29. The Labute approximate surface area is 197 Å². The number of alkyl halides is 1. The van der Waals surface area contributed by atoms with Gasteiger partial charge in [0.1, 0.15) is 6.17 Å². The van der Waals surface area contributed by atoms with Gasteiger partial charge < -0.3 is 21.2 Å². The van der Waals surface area contributed by atoms with Gasteiger partial charge >= 0.3 is 0 Å². The number of allylic oxidation sites excluding steroid dienone is 5. The second-order valence-electron chi connectivity index (χ2n) is 10.4. The molecular formula is C25H42ClFN2O3.